The molecule has 0 aromatic carbocycles. The number of carbonyl (C=O) groups excluding carboxylic acids is 1. The molecule has 4 N–H and O–H groups in total. The molecule has 3 heterocycles. The molecule has 2 aromatic heterocycles. The number of thiazole rings is 1. The average Bonchev–Trinajstić information content (AvgIpc) is 3.01. The Morgan fingerprint density at radius 3 is 3.05 bits per heavy atom. The van der Waals surface area contributed by atoms with Crippen LogP contribution < -0.4 is 16.4 Å². The van der Waals surface area contributed by atoms with E-state index < -0.39 is 5.41 Å². The van der Waals surface area contributed by atoms with E-state index in [4.69, 9.17) is 11.5 Å². The van der Waals surface area contributed by atoms with Crippen molar-refractivity contribution < 1.29 is 4.79 Å². The maximum atomic E-state index is 11.5. The minimum atomic E-state index is -0.469. The summed E-state index contributed by atoms with van der Waals surface area (Å²) in [5.74, 6) is 0.643. The molecule has 3 rings (SSSR count). The minimum absolute atomic E-state index is 0.245. The minimum Gasteiger partial charge on any atom is -0.369 e. The molecule has 1 aliphatic heterocycles. The largest absolute Gasteiger partial charge is 0.369 e. The molecule has 1 fully saturated rings. The quantitative estimate of drug-likeness (QED) is 0.859. The number of nitrogens with zero attached hydrogens (tertiary/aromatic N) is 3. The molecule has 0 aliphatic carbocycles. The summed E-state index contributed by atoms with van der Waals surface area (Å²) in [6.07, 6.45) is 2.74. The van der Waals surface area contributed by atoms with Crippen LogP contribution in [0.5, 0.6) is 0 Å². The zero-order valence-corrected chi connectivity index (χ0v) is 11.6. The summed E-state index contributed by atoms with van der Waals surface area (Å²) < 4.78 is 2.01. The highest BCUT2D eigenvalue weighted by atomic mass is 32.1. The van der Waals surface area contributed by atoms with Gasteiger partial charge in [0.05, 0.1) is 11.1 Å². The molecule has 0 bridgehead atoms. The van der Waals surface area contributed by atoms with Gasteiger partial charge in [-0.15, -0.1) is 11.3 Å². The number of hydrogen-bond acceptors (Lipinski definition) is 5. The van der Waals surface area contributed by atoms with E-state index in [9.17, 15) is 4.79 Å². The maximum Gasteiger partial charge on any atom is 0.225 e. The van der Waals surface area contributed by atoms with E-state index in [1.165, 1.54) is 0 Å². The van der Waals surface area contributed by atoms with Crippen LogP contribution in [0.3, 0.4) is 0 Å². The Bertz CT molecular complexity index is 633. The normalized spacial score (nSPS) is 23.4. The summed E-state index contributed by atoms with van der Waals surface area (Å²) in [6.45, 7) is 3.74. The Labute approximate surface area is 115 Å². The average molecular weight is 279 g/mol. The van der Waals surface area contributed by atoms with Crippen LogP contribution in [0.1, 0.15) is 19.0 Å². The number of hydrogen-bond donors (Lipinski definition) is 2. The molecule has 1 amide bonds. The molecule has 0 radical (unpaired) electrons. The van der Waals surface area contributed by atoms with E-state index >= 15 is 0 Å². The van der Waals surface area contributed by atoms with Crippen LogP contribution in [0.4, 0.5) is 5.82 Å². The van der Waals surface area contributed by atoms with Crippen molar-refractivity contribution in [3.63, 3.8) is 0 Å². The van der Waals surface area contributed by atoms with Crippen LogP contribution in [0, 0.1) is 5.41 Å². The van der Waals surface area contributed by atoms with E-state index in [-0.39, 0.29) is 5.91 Å². The number of carbonyl (C=O) groups is 1. The van der Waals surface area contributed by atoms with Gasteiger partial charge in [0.2, 0.25) is 5.91 Å². The smallest absolute Gasteiger partial charge is 0.225 e. The van der Waals surface area contributed by atoms with Crippen molar-refractivity contribution in [3.05, 3.63) is 17.3 Å². The number of amides is 1. The van der Waals surface area contributed by atoms with E-state index in [0.717, 1.165) is 29.4 Å². The third kappa shape index (κ3) is 1.81. The highest BCUT2D eigenvalue weighted by Gasteiger charge is 2.40. The standard InChI is InChI=1S/C12H17N5OS/c1-12(10(14)18)2-3-16(7-12)9-8(6-13)17-4-5-19-11(17)15-9/h4-5H,2-3,6-7,13H2,1H3,(H2,14,18). The van der Waals surface area contributed by atoms with Gasteiger partial charge in [-0.2, -0.15) is 0 Å². The summed E-state index contributed by atoms with van der Waals surface area (Å²) in [4.78, 5) is 19.2. The Balaban J connectivity index is 1.97. The van der Waals surface area contributed by atoms with Gasteiger partial charge in [-0.25, -0.2) is 4.98 Å². The van der Waals surface area contributed by atoms with E-state index in [1.54, 1.807) is 11.3 Å². The molecule has 0 spiro atoms. The van der Waals surface area contributed by atoms with Crippen LogP contribution in [0.25, 0.3) is 4.96 Å². The van der Waals surface area contributed by atoms with Crippen molar-refractivity contribution in [2.24, 2.45) is 16.9 Å². The number of primary amides is 1. The Morgan fingerprint density at radius 2 is 2.42 bits per heavy atom. The number of nitrogens with two attached hydrogens (primary N) is 2. The lowest BCUT2D eigenvalue weighted by atomic mass is 9.89. The second-order valence-corrected chi connectivity index (χ2v) is 6.11. The Kier molecular flexibility index (Phi) is 2.75. The third-order valence-electron chi connectivity index (χ3n) is 3.90. The van der Waals surface area contributed by atoms with Crippen molar-refractivity contribution in [1.82, 2.24) is 9.38 Å². The number of anilines is 1. The molecule has 7 heteroatoms. The Hall–Kier alpha value is -1.60. The SMILES string of the molecule is CC1(C(N)=O)CCN(c2nc3sccn3c2CN)C1. The molecule has 1 atom stereocenters. The first-order valence-corrected chi connectivity index (χ1v) is 7.12. The lowest BCUT2D eigenvalue weighted by Gasteiger charge is -2.21. The van der Waals surface area contributed by atoms with Gasteiger partial charge in [0, 0.05) is 31.2 Å². The maximum absolute atomic E-state index is 11.5. The van der Waals surface area contributed by atoms with Gasteiger partial charge in [0.1, 0.15) is 0 Å². The third-order valence-corrected chi connectivity index (χ3v) is 4.66. The van der Waals surface area contributed by atoms with E-state index in [0.29, 0.717) is 13.1 Å². The molecular weight excluding hydrogens is 262 g/mol. The summed E-state index contributed by atoms with van der Waals surface area (Å²) in [5, 5.41) is 1.99. The fraction of sp³-hybridized carbons (Fsp3) is 0.500. The molecule has 1 aliphatic rings. The topological polar surface area (TPSA) is 89.7 Å². The predicted octanol–water partition coefficient (Wildman–Crippen LogP) is 0.556. The van der Waals surface area contributed by atoms with Crippen molar-refractivity contribution in [3.8, 4) is 0 Å². The highest BCUT2D eigenvalue weighted by Crippen LogP contribution is 2.34. The fourth-order valence-corrected chi connectivity index (χ4v) is 3.34. The molecule has 102 valence electrons. The van der Waals surface area contributed by atoms with Crippen LogP contribution in [-0.4, -0.2) is 28.4 Å². The molecule has 1 saturated heterocycles. The summed E-state index contributed by atoms with van der Waals surface area (Å²) in [6, 6.07) is 0. The van der Waals surface area contributed by atoms with Gasteiger partial charge in [0.25, 0.3) is 0 Å². The molecule has 1 unspecified atom stereocenters. The van der Waals surface area contributed by atoms with Crippen LogP contribution in [-0.2, 0) is 11.3 Å². The van der Waals surface area contributed by atoms with Crippen molar-refractivity contribution in [2.75, 3.05) is 18.0 Å². The van der Waals surface area contributed by atoms with Gasteiger partial charge in [-0.3, -0.25) is 9.20 Å². The van der Waals surface area contributed by atoms with Crippen molar-refractivity contribution in [1.29, 1.82) is 0 Å². The number of fused-ring (bicyclic) bond motifs is 1. The first-order chi connectivity index (χ1) is 9.05. The number of aromatic nitrogens is 2. The molecule has 0 saturated carbocycles. The zero-order chi connectivity index (χ0) is 13.6. The molecule has 2 aromatic rings. The second-order valence-electron chi connectivity index (χ2n) is 5.24. The monoisotopic (exact) mass is 279 g/mol. The summed E-state index contributed by atoms with van der Waals surface area (Å²) >= 11 is 1.58. The van der Waals surface area contributed by atoms with Gasteiger partial charge >= 0.3 is 0 Å². The molecule has 19 heavy (non-hydrogen) atoms. The zero-order valence-electron chi connectivity index (χ0n) is 10.8. The van der Waals surface area contributed by atoms with Crippen LogP contribution >= 0.6 is 11.3 Å². The van der Waals surface area contributed by atoms with Crippen molar-refractivity contribution in [2.45, 2.75) is 19.9 Å². The molecular formula is C12H17N5OS. The van der Waals surface area contributed by atoms with E-state index in [2.05, 4.69) is 9.88 Å². The van der Waals surface area contributed by atoms with Crippen molar-refractivity contribution >= 4 is 28.0 Å². The molecule has 6 nitrogen and oxygen atoms in total. The fourth-order valence-electron chi connectivity index (χ4n) is 2.61. The Morgan fingerprint density at radius 1 is 1.63 bits per heavy atom. The second kappa shape index (κ2) is 4.21. The first kappa shape index (κ1) is 12.4. The van der Waals surface area contributed by atoms with Crippen LogP contribution in [0.15, 0.2) is 11.6 Å². The predicted molar refractivity (Wildman–Crippen MR) is 75.1 cm³/mol. The van der Waals surface area contributed by atoms with Crippen LogP contribution in [0.2, 0.25) is 0 Å². The van der Waals surface area contributed by atoms with Gasteiger partial charge in [-0.05, 0) is 13.3 Å². The van der Waals surface area contributed by atoms with E-state index in [1.807, 2.05) is 22.9 Å². The lowest BCUT2D eigenvalue weighted by Crippen LogP contribution is -2.37. The van der Waals surface area contributed by atoms with Gasteiger partial charge in [0.15, 0.2) is 10.8 Å². The summed E-state index contributed by atoms with van der Waals surface area (Å²) in [5.41, 5.74) is 11.8. The summed E-state index contributed by atoms with van der Waals surface area (Å²) in [7, 11) is 0. The number of imidazole rings is 1. The van der Waals surface area contributed by atoms with Gasteiger partial charge < -0.3 is 16.4 Å². The highest BCUT2D eigenvalue weighted by molar-refractivity contribution is 7.15. The first-order valence-electron chi connectivity index (χ1n) is 6.24. The lowest BCUT2D eigenvalue weighted by molar-refractivity contribution is -0.125. The van der Waals surface area contributed by atoms with Gasteiger partial charge in [-0.1, -0.05) is 0 Å². The number of rotatable bonds is 3.